The standard InChI is InChI=1S/C13H27N3/c1-3-13(4-2,11-14)16-9-7-15(8-10-16)12-5-6-12/h12H,3-11,14H2,1-2H3. The number of hydrogen-bond donors (Lipinski definition) is 1. The fourth-order valence-corrected chi connectivity index (χ4v) is 3.12. The average Bonchev–Trinajstić information content (AvgIpc) is 3.17. The molecule has 16 heavy (non-hydrogen) atoms. The van der Waals surface area contributed by atoms with Gasteiger partial charge in [-0.05, 0) is 25.7 Å². The van der Waals surface area contributed by atoms with Crippen LogP contribution in [-0.2, 0) is 0 Å². The first-order valence-corrected chi connectivity index (χ1v) is 6.95. The molecule has 0 unspecified atom stereocenters. The summed E-state index contributed by atoms with van der Waals surface area (Å²) in [5.74, 6) is 0. The summed E-state index contributed by atoms with van der Waals surface area (Å²) in [6, 6.07) is 0.928. The van der Waals surface area contributed by atoms with E-state index in [1.54, 1.807) is 0 Å². The van der Waals surface area contributed by atoms with Crippen LogP contribution in [0.2, 0.25) is 0 Å². The monoisotopic (exact) mass is 225 g/mol. The fraction of sp³-hybridized carbons (Fsp3) is 1.00. The highest BCUT2D eigenvalue weighted by Gasteiger charge is 2.37. The maximum absolute atomic E-state index is 6.01. The Morgan fingerprint density at radius 1 is 1.06 bits per heavy atom. The third-order valence-electron chi connectivity index (χ3n) is 4.74. The third-order valence-corrected chi connectivity index (χ3v) is 4.74. The Hall–Kier alpha value is -0.120. The van der Waals surface area contributed by atoms with E-state index in [4.69, 9.17) is 5.73 Å². The summed E-state index contributed by atoms with van der Waals surface area (Å²) in [5, 5.41) is 0. The molecule has 0 radical (unpaired) electrons. The van der Waals surface area contributed by atoms with Gasteiger partial charge in [-0.1, -0.05) is 13.8 Å². The molecule has 1 saturated heterocycles. The van der Waals surface area contributed by atoms with Crippen LogP contribution in [0.25, 0.3) is 0 Å². The van der Waals surface area contributed by atoms with E-state index in [0.717, 1.165) is 12.6 Å². The number of rotatable bonds is 5. The van der Waals surface area contributed by atoms with Gasteiger partial charge < -0.3 is 5.73 Å². The molecule has 2 N–H and O–H groups in total. The number of nitrogens with two attached hydrogens (primary N) is 1. The molecule has 0 aromatic heterocycles. The lowest BCUT2D eigenvalue weighted by molar-refractivity contribution is 0.0281. The van der Waals surface area contributed by atoms with Gasteiger partial charge in [0.25, 0.3) is 0 Å². The van der Waals surface area contributed by atoms with Crippen LogP contribution in [0.3, 0.4) is 0 Å². The van der Waals surface area contributed by atoms with Crippen LogP contribution in [0.1, 0.15) is 39.5 Å². The summed E-state index contributed by atoms with van der Waals surface area (Å²) in [6.45, 7) is 10.3. The van der Waals surface area contributed by atoms with Crippen molar-refractivity contribution in [3.63, 3.8) is 0 Å². The summed E-state index contributed by atoms with van der Waals surface area (Å²) in [6.07, 6.45) is 5.24. The molecule has 0 spiro atoms. The smallest absolute Gasteiger partial charge is 0.0327 e. The molecular weight excluding hydrogens is 198 g/mol. The van der Waals surface area contributed by atoms with E-state index < -0.39 is 0 Å². The maximum Gasteiger partial charge on any atom is 0.0327 e. The quantitative estimate of drug-likeness (QED) is 0.765. The van der Waals surface area contributed by atoms with Gasteiger partial charge in [0.05, 0.1) is 0 Å². The van der Waals surface area contributed by atoms with Crippen LogP contribution in [0.4, 0.5) is 0 Å². The average molecular weight is 225 g/mol. The highest BCUT2D eigenvalue weighted by Crippen LogP contribution is 2.30. The van der Waals surface area contributed by atoms with Crippen molar-refractivity contribution in [1.29, 1.82) is 0 Å². The van der Waals surface area contributed by atoms with E-state index >= 15 is 0 Å². The summed E-state index contributed by atoms with van der Waals surface area (Å²) in [4.78, 5) is 5.31. The predicted molar refractivity (Wildman–Crippen MR) is 68.5 cm³/mol. The van der Waals surface area contributed by atoms with Crippen LogP contribution in [0.5, 0.6) is 0 Å². The normalized spacial score (nSPS) is 24.9. The number of piperazine rings is 1. The van der Waals surface area contributed by atoms with Gasteiger partial charge in [-0.15, -0.1) is 0 Å². The SMILES string of the molecule is CCC(CC)(CN)N1CCN(C2CC2)CC1. The fourth-order valence-electron chi connectivity index (χ4n) is 3.12. The number of hydrogen-bond acceptors (Lipinski definition) is 3. The topological polar surface area (TPSA) is 32.5 Å². The second-order valence-corrected chi connectivity index (χ2v) is 5.39. The molecular formula is C13H27N3. The lowest BCUT2D eigenvalue weighted by atomic mass is 9.90. The Morgan fingerprint density at radius 2 is 1.62 bits per heavy atom. The summed E-state index contributed by atoms with van der Waals surface area (Å²) in [7, 11) is 0. The second-order valence-electron chi connectivity index (χ2n) is 5.39. The van der Waals surface area contributed by atoms with Gasteiger partial charge >= 0.3 is 0 Å². The van der Waals surface area contributed by atoms with Crippen LogP contribution in [0, 0.1) is 0 Å². The van der Waals surface area contributed by atoms with Gasteiger partial charge in [-0.3, -0.25) is 9.80 Å². The molecule has 3 nitrogen and oxygen atoms in total. The summed E-state index contributed by atoms with van der Waals surface area (Å²) < 4.78 is 0. The Kier molecular flexibility index (Phi) is 3.88. The van der Waals surface area contributed by atoms with Crippen molar-refractivity contribution in [3.05, 3.63) is 0 Å². The predicted octanol–water partition coefficient (Wildman–Crippen LogP) is 1.28. The van der Waals surface area contributed by atoms with E-state index in [9.17, 15) is 0 Å². The molecule has 0 bridgehead atoms. The van der Waals surface area contributed by atoms with Crippen LogP contribution in [0.15, 0.2) is 0 Å². The van der Waals surface area contributed by atoms with Gasteiger partial charge in [0.15, 0.2) is 0 Å². The summed E-state index contributed by atoms with van der Waals surface area (Å²) >= 11 is 0. The number of nitrogens with zero attached hydrogens (tertiary/aromatic N) is 2. The molecule has 1 saturated carbocycles. The molecule has 0 aromatic carbocycles. The molecule has 94 valence electrons. The zero-order valence-corrected chi connectivity index (χ0v) is 10.9. The van der Waals surface area contributed by atoms with Crippen molar-refractivity contribution < 1.29 is 0 Å². The minimum Gasteiger partial charge on any atom is -0.329 e. The Balaban J connectivity index is 1.90. The zero-order valence-electron chi connectivity index (χ0n) is 10.9. The Bertz CT molecular complexity index is 205. The second kappa shape index (κ2) is 5.03. The molecule has 1 aliphatic carbocycles. The van der Waals surface area contributed by atoms with Crippen molar-refractivity contribution in [1.82, 2.24) is 9.80 Å². The lowest BCUT2D eigenvalue weighted by Crippen LogP contribution is -2.60. The van der Waals surface area contributed by atoms with E-state index in [1.807, 2.05) is 0 Å². The zero-order chi connectivity index (χ0) is 11.6. The molecule has 1 aliphatic heterocycles. The minimum atomic E-state index is 0.273. The van der Waals surface area contributed by atoms with Crippen LogP contribution in [-0.4, -0.2) is 54.1 Å². The first-order valence-electron chi connectivity index (χ1n) is 6.95. The van der Waals surface area contributed by atoms with E-state index in [2.05, 4.69) is 23.6 Å². The van der Waals surface area contributed by atoms with Crippen LogP contribution < -0.4 is 5.73 Å². The maximum atomic E-state index is 6.01. The van der Waals surface area contributed by atoms with Gasteiger partial charge in [-0.25, -0.2) is 0 Å². The largest absolute Gasteiger partial charge is 0.329 e. The van der Waals surface area contributed by atoms with Crippen molar-refractivity contribution >= 4 is 0 Å². The van der Waals surface area contributed by atoms with E-state index in [1.165, 1.54) is 51.9 Å². The first kappa shape index (κ1) is 12.3. The first-order chi connectivity index (χ1) is 7.75. The minimum absolute atomic E-state index is 0.273. The third kappa shape index (κ3) is 2.27. The Labute approximate surface area is 100.0 Å². The highest BCUT2D eigenvalue weighted by atomic mass is 15.3. The van der Waals surface area contributed by atoms with Gasteiger partial charge in [0.2, 0.25) is 0 Å². The molecule has 2 rings (SSSR count). The molecule has 1 heterocycles. The Morgan fingerprint density at radius 3 is 2.00 bits per heavy atom. The molecule has 2 fully saturated rings. The van der Waals surface area contributed by atoms with Crippen molar-refractivity contribution in [3.8, 4) is 0 Å². The van der Waals surface area contributed by atoms with Crippen molar-refractivity contribution in [2.45, 2.75) is 51.1 Å². The van der Waals surface area contributed by atoms with Gasteiger partial charge in [0.1, 0.15) is 0 Å². The molecule has 3 heteroatoms. The molecule has 0 aromatic rings. The molecule has 0 amide bonds. The van der Waals surface area contributed by atoms with Gasteiger partial charge in [-0.2, -0.15) is 0 Å². The summed E-state index contributed by atoms with van der Waals surface area (Å²) in [5.41, 5.74) is 6.28. The molecule has 2 aliphatic rings. The van der Waals surface area contributed by atoms with Gasteiger partial charge in [0, 0.05) is 44.3 Å². The van der Waals surface area contributed by atoms with Crippen molar-refractivity contribution in [2.24, 2.45) is 5.73 Å². The van der Waals surface area contributed by atoms with Crippen molar-refractivity contribution in [2.75, 3.05) is 32.7 Å². The highest BCUT2D eigenvalue weighted by molar-refractivity contribution is 4.94. The van der Waals surface area contributed by atoms with E-state index in [0.29, 0.717) is 0 Å². The van der Waals surface area contributed by atoms with E-state index in [-0.39, 0.29) is 5.54 Å². The van der Waals surface area contributed by atoms with Crippen LogP contribution >= 0.6 is 0 Å². The lowest BCUT2D eigenvalue weighted by Gasteiger charge is -2.47. The molecule has 0 atom stereocenters.